The molecule has 2 aromatic rings. The van der Waals surface area contributed by atoms with Crippen molar-refractivity contribution in [2.45, 2.75) is 6.61 Å². The number of hydrogen-bond acceptors (Lipinski definition) is 4. The second kappa shape index (κ2) is 4.27. The van der Waals surface area contributed by atoms with Crippen LogP contribution >= 0.6 is 11.3 Å². The molecule has 0 spiro atoms. The first-order valence-electron chi connectivity index (χ1n) is 4.31. The number of halogens is 1. The van der Waals surface area contributed by atoms with Gasteiger partial charge in [0.15, 0.2) is 0 Å². The van der Waals surface area contributed by atoms with Crippen molar-refractivity contribution in [3.8, 4) is 5.75 Å². The average molecular weight is 224 g/mol. The molecule has 0 saturated heterocycles. The van der Waals surface area contributed by atoms with Crippen molar-refractivity contribution in [1.82, 2.24) is 4.98 Å². The predicted octanol–water partition coefficient (Wildman–Crippen LogP) is 2.44. The molecule has 0 aliphatic rings. The van der Waals surface area contributed by atoms with Gasteiger partial charge in [-0.1, -0.05) is 0 Å². The molecule has 1 aromatic carbocycles. The highest BCUT2D eigenvalue weighted by Crippen LogP contribution is 2.23. The molecular weight excluding hydrogens is 215 g/mol. The molecule has 0 saturated carbocycles. The number of rotatable bonds is 3. The first-order chi connectivity index (χ1) is 7.25. The van der Waals surface area contributed by atoms with E-state index in [1.807, 2.05) is 0 Å². The molecule has 3 nitrogen and oxygen atoms in total. The number of nitrogens with two attached hydrogens (primary N) is 1. The van der Waals surface area contributed by atoms with Crippen molar-refractivity contribution in [1.29, 1.82) is 0 Å². The molecule has 15 heavy (non-hydrogen) atoms. The molecule has 2 rings (SSSR count). The van der Waals surface area contributed by atoms with E-state index in [1.165, 1.54) is 29.5 Å². The van der Waals surface area contributed by atoms with E-state index in [2.05, 4.69) is 4.98 Å². The minimum Gasteiger partial charge on any atom is -0.486 e. The van der Waals surface area contributed by atoms with Gasteiger partial charge in [0.25, 0.3) is 0 Å². The van der Waals surface area contributed by atoms with Crippen LogP contribution in [-0.4, -0.2) is 4.98 Å². The molecule has 78 valence electrons. The molecule has 2 N–H and O–H groups in total. The molecule has 0 atom stereocenters. The van der Waals surface area contributed by atoms with Crippen LogP contribution in [0.1, 0.15) is 4.88 Å². The molecule has 0 fully saturated rings. The van der Waals surface area contributed by atoms with Crippen LogP contribution in [0.15, 0.2) is 29.9 Å². The van der Waals surface area contributed by atoms with Gasteiger partial charge < -0.3 is 10.5 Å². The van der Waals surface area contributed by atoms with E-state index in [-0.39, 0.29) is 5.82 Å². The third kappa shape index (κ3) is 2.44. The van der Waals surface area contributed by atoms with Gasteiger partial charge in [-0.05, 0) is 12.1 Å². The Bertz CT molecular complexity index is 445. The second-order valence-electron chi connectivity index (χ2n) is 2.94. The summed E-state index contributed by atoms with van der Waals surface area (Å²) >= 11 is 1.48. The Morgan fingerprint density at radius 1 is 1.47 bits per heavy atom. The summed E-state index contributed by atoms with van der Waals surface area (Å²) in [4.78, 5) is 4.88. The summed E-state index contributed by atoms with van der Waals surface area (Å²) in [6, 6.07) is 4.06. The van der Waals surface area contributed by atoms with Gasteiger partial charge in [-0.3, -0.25) is 4.98 Å². The lowest BCUT2D eigenvalue weighted by molar-refractivity contribution is 0.309. The summed E-state index contributed by atoms with van der Waals surface area (Å²) < 4.78 is 18.2. The number of ether oxygens (including phenoxy) is 1. The Morgan fingerprint density at radius 3 is 3.07 bits per heavy atom. The van der Waals surface area contributed by atoms with Crippen LogP contribution in [0.2, 0.25) is 0 Å². The maximum atomic E-state index is 12.9. The maximum Gasteiger partial charge on any atom is 0.145 e. The zero-order chi connectivity index (χ0) is 10.7. The van der Waals surface area contributed by atoms with Crippen molar-refractivity contribution >= 4 is 17.0 Å². The molecule has 0 bridgehead atoms. The van der Waals surface area contributed by atoms with Crippen molar-refractivity contribution in [2.24, 2.45) is 0 Å². The lowest BCUT2D eigenvalue weighted by Gasteiger charge is -2.07. The molecule has 0 aliphatic carbocycles. The van der Waals surface area contributed by atoms with E-state index in [1.54, 1.807) is 11.7 Å². The molecule has 0 aliphatic heterocycles. The van der Waals surface area contributed by atoms with Gasteiger partial charge in [0, 0.05) is 12.3 Å². The summed E-state index contributed by atoms with van der Waals surface area (Å²) in [6.07, 6.45) is 1.71. The third-order valence-corrected chi connectivity index (χ3v) is 2.58. The van der Waals surface area contributed by atoms with Crippen LogP contribution in [0.5, 0.6) is 5.75 Å². The molecule has 0 amide bonds. The number of aromatic nitrogens is 1. The van der Waals surface area contributed by atoms with Gasteiger partial charge >= 0.3 is 0 Å². The number of hydrogen-bond donors (Lipinski definition) is 1. The second-order valence-corrected chi connectivity index (χ2v) is 3.91. The van der Waals surface area contributed by atoms with Crippen LogP contribution in [0.25, 0.3) is 0 Å². The van der Waals surface area contributed by atoms with E-state index >= 15 is 0 Å². The third-order valence-electron chi connectivity index (χ3n) is 1.83. The Balaban J connectivity index is 2.07. The Morgan fingerprint density at radius 2 is 2.33 bits per heavy atom. The lowest BCUT2D eigenvalue weighted by Crippen LogP contribution is -1.97. The van der Waals surface area contributed by atoms with Crippen LogP contribution in [0.4, 0.5) is 10.1 Å². The fourth-order valence-corrected chi connectivity index (χ4v) is 1.60. The molecule has 1 heterocycles. The normalized spacial score (nSPS) is 10.2. The standard InChI is InChI=1S/C10H9FN2OS/c11-7-1-2-9(12)10(3-7)14-5-8-4-13-6-15-8/h1-4,6H,5,12H2. The summed E-state index contributed by atoms with van der Waals surface area (Å²) in [7, 11) is 0. The van der Waals surface area contributed by atoms with Crippen molar-refractivity contribution < 1.29 is 9.13 Å². The molecule has 0 radical (unpaired) electrons. The zero-order valence-corrected chi connectivity index (χ0v) is 8.63. The number of anilines is 1. The van der Waals surface area contributed by atoms with Crippen LogP contribution < -0.4 is 10.5 Å². The Hall–Kier alpha value is -1.62. The topological polar surface area (TPSA) is 48.1 Å². The van der Waals surface area contributed by atoms with E-state index in [4.69, 9.17) is 10.5 Å². The monoisotopic (exact) mass is 224 g/mol. The number of nitrogens with zero attached hydrogens (tertiary/aromatic N) is 1. The number of benzene rings is 1. The highest BCUT2D eigenvalue weighted by Gasteiger charge is 2.03. The average Bonchev–Trinajstić information content (AvgIpc) is 2.72. The lowest BCUT2D eigenvalue weighted by atomic mass is 10.3. The van der Waals surface area contributed by atoms with Crippen molar-refractivity contribution in [2.75, 3.05) is 5.73 Å². The minimum atomic E-state index is -0.358. The van der Waals surface area contributed by atoms with E-state index in [0.29, 0.717) is 18.0 Å². The Labute approximate surface area is 90.3 Å². The van der Waals surface area contributed by atoms with Gasteiger partial charge in [0.05, 0.1) is 16.1 Å². The predicted molar refractivity (Wildman–Crippen MR) is 57.3 cm³/mol. The fraction of sp³-hybridized carbons (Fsp3) is 0.100. The number of nitrogen functional groups attached to an aromatic ring is 1. The quantitative estimate of drug-likeness (QED) is 0.814. The summed E-state index contributed by atoms with van der Waals surface area (Å²) in [5.41, 5.74) is 7.77. The van der Waals surface area contributed by atoms with E-state index < -0.39 is 0 Å². The van der Waals surface area contributed by atoms with Crippen molar-refractivity contribution in [3.63, 3.8) is 0 Å². The van der Waals surface area contributed by atoms with Crippen LogP contribution in [0, 0.1) is 5.82 Å². The molecule has 1 aromatic heterocycles. The van der Waals surface area contributed by atoms with Gasteiger partial charge in [-0.15, -0.1) is 11.3 Å². The molecular formula is C10H9FN2OS. The van der Waals surface area contributed by atoms with Gasteiger partial charge in [-0.2, -0.15) is 0 Å². The summed E-state index contributed by atoms with van der Waals surface area (Å²) in [6.45, 7) is 0.359. The largest absolute Gasteiger partial charge is 0.486 e. The minimum absolute atomic E-state index is 0.358. The zero-order valence-electron chi connectivity index (χ0n) is 7.81. The van der Waals surface area contributed by atoms with E-state index in [0.717, 1.165) is 4.88 Å². The van der Waals surface area contributed by atoms with Crippen LogP contribution in [0.3, 0.4) is 0 Å². The van der Waals surface area contributed by atoms with Gasteiger partial charge in [0.1, 0.15) is 18.2 Å². The van der Waals surface area contributed by atoms with Gasteiger partial charge in [0.2, 0.25) is 0 Å². The highest BCUT2D eigenvalue weighted by atomic mass is 32.1. The smallest absolute Gasteiger partial charge is 0.145 e. The molecule has 5 heteroatoms. The summed E-state index contributed by atoms with van der Waals surface area (Å²) in [5.74, 6) is 0.00639. The van der Waals surface area contributed by atoms with Crippen LogP contribution in [-0.2, 0) is 6.61 Å². The maximum absolute atomic E-state index is 12.9. The van der Waals surface area contributed by atoms with Crippen molar-refractivity contribution in [3.05, 3.63) is 40.6 Å². The summed E-state index contributed by atoms with van der Waals surface area (Å²) in [5, 5.41) is 0. The van der Waals surface area contributed by atoms with Gasteiger partial charge in [-0.25, -0.2) is 4.39 Å². The number of thiazole rings is 1. The first kappa shape index (κ1) is 9.92. The fourth-order valence-electron chi connectivity index (χ4n) is 1.10. The highest BCUT2D eigenvalue weighted by molar-refractivity contribution is 7.09. The SMILES string of the molecule is Nc1ccc(F)cc1OCc1cncs1. The first-order valence-corrected chi connectivity index (χ1v) is 5.19. The van der Waals surface area contributed by atoms with E-state index in [9.17, 15) is 4.39 Å². The molecule has 0 unspecified atom stereocenters. The Kier molecular flexibility index (Phi) is 2.82.